The molecule has 0 aliphatic carbocycles. The first kappa shape index (κ1) is 13.4. The number of nitrogens with zero attached hydrogens (tertiary/aromatic N) is 3. The Kier molecular flexibility index (Phi) is 3.04. The van der Waals surface area contributed by atoms with E-state index in [2.05, 4.69) is 10.2 Å². The number of benzene rings is 1. The molecule has 2 heterocycles. The Balaban J connectivity index is 2.09. The van der Waals surface area contributed by atoms with Crippen molar-refractivity contribution < 1.29 is 18.0 Å². The normalized spacial score (nSPS) is 11.2. The van der Waals surface area contributed by atoms with Crippen molar-refractivity contribution in [3.05, 3.63) is 47.0 Å². The van der Waals surface area contributed by atoms with Gasteiger partial charge in [0.05, 0.1) is 12.2 Å². The van der Waals surface area contributed by atoms with Crippen molar-refractivity contribution in [1.82, 2.24) is 15.0 Å². The van der Waals surface area contributed by atoms with Crippen molar-refractivity contribution in [2.75, 3.05) is 0 Å². The molecule has 108 valence electrons. The van der Waals surface area contributed by atoms with Crippen LogP contribution < -0.4 is 0 Å². The number of carbonyl (C=O) groups excluding carboxylic acids is 1. The highest BCUT2D eigenvalue weighted by Gasteiger charge is 2.22. The third kappa shape index (κ3) is 2.10. The van der Waals surface area contributed by atoms with Crippen LogP contribution in [0.1, 0.15) is 28.9 Å². The highest BCUT2D eigenvalue weighted by Crippen LogP contribution is 2.25. The molecule has 0 saturated carbocycles. The van der Waals surface area contributed by atoms with Gasteiger partial charge in [0.15, 0.2) is 22.9 Å². The van der Waals surface area contributed by atoms with Crippen LogP contribution in [0, 0.1) is 18.6 Å². The quantitative estimate of drug-likeness (QED) is 0.696. The van der Waals surface area contributed by atoms with E-state index in [-0.39, 0.29) is 17.0 Å². The number of hydrogen-bond donors (Lipinski definition) is 0. The number of rotatable bonds is 3. The van der Waals surface area contributed by atoms with Gasteiger partial charge < -0.3 is 4.42 Å². The molecule has 0 unspecified atom stereocenters. The van der Waals surface area contributed by atoms with Gasteiger partial charge >= 0.3 is 0 Å². The van der Waals surface area contributed by atoms with Crippen molar-refractivity contribution in [3.63, 3.8) is 0 Å². The molecular weight excluding hydrogens is 280 g/mol. The number of carbonyl (C=O) groups is 1. The maximum absolute atomic E-state index is 13.6. The van der Waals surface area contributed by atoms with E-state index in [0.29, 0.717) is 17.6 Å². The van der Waals surface area contributed by atoms with E-state index in [1.807, 2.05) is 6.92 Å². The van der Waals surface area contributed by atoms with Crippen LogP contribution in [0.5, 0.6) is 0 Å². The number of hydrogen-bond acceptors (Lipinski definition) is 4. The lowest BCUT2D eigenvalue weighted by molar-refractivity contribution is 0.100. The van der Waals surface area contributed by atoms with Crippen LogP contribution in [0.15, 0.2) is 22.6 Å². The molecule has 0 bridgehead atoms. The SMILES string of the molecule is CCn1nc(C)c(C(=O)c2cc3ccc(F)c(F)c3o2)n1. The van der Waals surface area contributed by atoms with E-state index >= 15 is 0 Å². The third-order valence-electron chi connectivity index (χ3n) is 3.12. The zero-order valence-corrected chi connectivity index (χ0v) is 11.4. The molecule has 0 atom stereocenters. The minimum Gasteiger partial charge on any atom is -0.449 e. The fourth-order valence-electron chi connectivity index (χ4n) is 2.06. The van der Waals surface area contributed by atoms with Crippen LogP contribution >= 0.6 is 0 Å². The van der Waals surface area contributed by atoms with E-state index in [0.717, 1.165) is 6.07 Å². The van der Waals surface area contributed by atoms with Gasteiger partial charge in [-0.25, -0.2) is 4.39 Å². The highest BCUT2D eigenvalue weighted by molar-refractivity contribution is 6.08. The Bertz CT molecular complexity index is 851. The minimum atomic E-state index is -1.11. The molecule has 0 fully saturated rings. The van der Waals surface area contributed by atoms with Gasteiger partial charge in [0.2, 0.25) is 11.6 Å². The molecule has 0 radical (unpaired) electrons. The summed E-state index contributed by atoms with van der Waals surface area (Å²) in [4.78, 5) is 13.7. The second-order valence-electron chi connectivity index (χ2n) is 4.54. The molecule has 2 aromatic heterocycles. The summed E-state index contributed by atoms with van der Waals surface area (Å²) < 4.78 is 31.9. The van der Waals surface area contributed by atoms with Crippen LogP contribution in [-0.2, 0) is 6.54 Å². The van der Waals surface area contributed by atoms with E-state index in [1.54, 1.807) is 6.92 Å². The second kappa shape index (κ2) is 4.76. The van der Waals surface area contributed by atoms with Gasteiger partial charge in [-0.15, -0.1) is 5.10 Å². The fraction of sp³-hybridized carbons (Fsp3) is 0.214. The molecular formula is C14H11F2N3O2. The molecule has 21 heavy (non-hydrogen) atoms. The first-order valence-corrected chi connectivity index (χ1v) is 6.35. The average molecular weight is 291 g/mol. The monoisotopic (exact) mass is 291 g/mol. The summed E-state index contributed by atoms with van der Waals surface area (Å²) in [5.74, 6) is -2.74. The van der Waals surface area contributed by atoms with Crippen LogP contribution in [0.4, 0.5) is 8.78 Å². The van der Waals surface area contributed by atoms with Crippen molar-refractivity contribution >= 4 is 16.8 Å². The van der Waals surface area contributed by atoms with Crippen LogP contribution in [0.2, 0.25) is 0 Å². The van der Waals surface area contributed by atoms with Crippen molar-refractivity contribution in [1.29, 1.82) is 0 Å². The number of halogens is 2. The second-order valence-corrected chi connectivity index (χ2v) is 4.54. The zero-order chi connectivity index (χ0) is 15.1. The molecule has 3 aromatic rings. The summed E-state index contributed by atoms with van der Waals surface area (Å²) in [6.45, 7) is 4.01. The zero-order valence-electron chi connectivity index (χ0n) is 11.4. The number of ketones is 1. The van der Waals surface area contributed by atoms with Gasteiger partial charge in [-0.1, -0.05) is 0 Å². The van der Waals surface area contributed by atoms with Gasteiger partial charge in [0.1, 0.15) is 0 Å². The Morgan fingerprint density at radius 3 is 2.76 bits per heavy atom. The molecule has 0 aliphatic rings. The van der Waals surface area contributed by atoms with Gasteiger partial charge in [-0.2, -0.15) is 14.3 Å². The Hall–Kier alpha value is -2.57. The summed E-state index contributed by atoms with van der Waals surface area (Å²) in [6.07, 6.45) is 0. The van der Waals surface area contributed by atoms with Gasteiger partial charge in [0.25, 0.3) is 0 Å². The summed E-state index contributed by atoms with van der Waals surface area (Å²) in [5, 5.41) is 8.43. The van der Waals surface area contributed by atoms with Gasteiger partial charge in [-0.05, 0) is 32.0 Å². The number of furan rings is 1. The molecule has 3 rings (SSSR count). The van der Waals surface area contributed by atoms with Crippen LogP contribution in [0.3, 0.4) is 0 Å². The average Bonchev–Trinajstić information content (AvgIpc) is 3.06. The Morgan fingerprint density at radius 1 is 1.33 bits per heavy atom. The predicted molar refractivity (Wildman–Crippen MR) is 70.0 cm³/mol. The van der Waals surface area contributed by atoms with Crippen molar-refractivity contribution in [2.45, 2.75) is 20.4 Å². The summed E-state index contributed by atoms with van der Waals surface area (Å²) in [7, 11) is 0. The molecule has 0 saturated heterocycles. The van der Waals surface area contributed by atoms with Crippen LogP contribution in [0.25, 0.3) is 11.0 Å². The fourth-order valence-corrected chi connectivity index (χ4v) is 2.06. The molecule has 0 aliphatic heterocycles. The van der Waals surface area contributed by atoms with E-state index in [4.69, 9.17) is 4.42 Å². The van der Waals surface area contributed by atoms with Gasteiger partial charge in [-0.3, -0.25) is 4.79 Å². The van der Waals surface area contributed by atoms with E-state index in [9.17, 15) is 13.6 Å². The first-order chi connectivity index (χ1) is 10.0. The molecule has 5 nitrogen and oxygen atoms in total. The van der Waals surface area contributed by atoms with Crippen molar-refractivity contribution in [2.24, 2.45) is 0 Å². The van der Waals surface area contributed by atoms with Crippen molar-refractivity contribution in [3.8, 4) is 0 Å². The molecule has 7 heteroatoms. The lowest BCUT2D eigenvalue weighted by Gasteiger charge is -1.93. The first-order valence-electron chi connectivity index (χ1n) is 6.35. The van der Waals surface area contributed by atoms with Crippen LogP contribution in [-0.4, -0.2) is 20.8 Å². The predicted octanol–water partition coefficient (Wildman–Crippen LogP) is 2.86. The maximum Gasteiger partial charge on any atom is 0.250 e. The number of aromatic nitrogens is 3. The Morgan fingerprint density at radius 2 is 2.10 bits per heavy atom. The summed E-state index contributed by atoms with van der Waals surface area (Å²) in [6, 6.07) is 3.70. The standard InChI is InChI=1S/C14H11F2N3O2/c1-3-19-17-7(2)12(18-19)13(20)10-6-8-4-5-9(15)11(16)14(8)21-10/h4-6H,3H2,1-2H3. The highest BCUT2D eigenvalue weighted by atomic mass is 19.2. The number of aryl methyl sites for hydroxylation is 2. The topological polar surface area (TPSA) is 60.9 Å². The molecule has 0 N–H and O–H groups in total. The molecule has 0 amide bonds. The summed E-state index contributed by atoms with van der Waals surface area (Å²) >= 11 is 0. The van der Waals surface area contributed by atoms with Gasteiger partial charge in [0, 0.05) is 5.39 Å². The van der Waals surface area contributed by atoms with E-state index in [1.165, 1.54) is 16.9 Å². The lowest BCUT2D eigenvalue weighted by atomic mass is 10.2. The Labute approximate surface area is 118 Å². The minimum absolute atomic E-state index is 0.0965. The maximum atomic E-state index is 13.6. The summed E-state index contributed by atoms with van der Waals surface area (Å²) in [5.41, 5.74) is 0.310. The number of fused-ring (bicyclic) bond motifs is 1. The largest absolute Gasteiger partial charge is 0.449 e. The third-order valence-corrected chi connectivity index (χ3v) is 3.12. The molecule has 1 aromatic carbocycles. The van der Waals surface area contributed by atoms with E-state index < -0.39 is 17.4 Å². The molecule has 0 spiro atoms. The lowest BCUT2D eigenvalue weighted by Crippen LogP contribution is -2.04. The smallest absolute Gasteiger partial charge is 0.250 e.